The molecule has 146 valence electrons. The summed E-state index contributed by atoms with van der Waals surface area (Å²) < 4.78 is 7.39. The predicted molar refractivity (Wildman–Crippen MR) is 112 cm³/mol. The lowest BCUT2D eigenvalue weighted by Crippen LogP contribution is -2.17. The van der Waals surface area contributed by atoms with Crippen LogP contribution in [0.4, 0.5) is 5.69 Å². The number of hydrogen-bond donors (Lipinski definition) is 1. The Hall–Kier alpha value is -2.60. The van der Waals surface area contributed by atoms with Gasteiger partial charge in [0.05, 0.1) is 12.3 Å². The van der Waals surface area contributed by atoms with E-state index in [4.69, 9.17) is 4.74 Å². The summed E-state index contributed by atoms with van der Waals surface area (Å²) in [5, 5.41) is 3.97. The van der Waals surface area contributed by atoms with E-state index >= 15 is 0 Å². The molecule has 0 saturated carbocycles. The second-order valence-corrected chi connectivity index (χ2v) is 8.17. The van der Waals surface area contributed by atoms with Crippen molar-refractivity contribution in [3.8, 4) is 0 Å². The van der Waals surface area contributed by atoms with Gasteiger partial charge in [0.25, 0.3) is 0 Å². The lowest BCUT2D eigenvalue weighted by atomic mass is 9.96. The van der Waals surface area contributed by atoms with E-state index in [-0.39, 0.29) is 5.91 Å². The summed E-state index contributed by atoms with van der Waals surface area (Å²) in [7, 11) is 0. The van der Waals surface area contributed by atoms with Gasteiger partial charge in [-0.3, -0.25) is 4.79 Å². The van der Waals surface area contributed by atoms with Gasteiger partial charge in [0, 0.05) is 23.7 Å². The molecule has 1 N–H and O–H groups in total. The lowest BCUT2D eigenvalue weighted by molar-refractivity contribution is -0.114. The highest BCUT2D eigenvalue weighted by Crippen LogP contribution is 2.44. The molecule has 0 atom stereocenters. The molecule has 2 heterocycles. The quantitative estimate of drug-likeness (QED) is 0.632. The van der Waals surface area contributed by atoms with Crippen molar-refractivity contribution >= 4 is 39.1 Å². The second-order valence-electron chi connectivity index (χ2n) is 7.09. The number of amides is 1. The minimum atomic E-state index is -0.393. The number of carbonyl (C=O) groups excluding carboxylic acids is 2. The first-order chi connectivity index (χ1) is 13.6. The molecule has 0 spiro atoms. The van der Waals surface area contributed by atoms with Crippen LogP contribution in [0.1, 0.15) is 53.2 Å². The van der Waals surface area contributed by atoms with E-state index in [1.807, 2.05) is 34.9 Å². The number of aryl methyl sites for hydroxylation is 2. The SMILES string of the molecule is CCOC(=O)c1c(NC(C)=O)c2c3c(sc2n1Cc1ccccc1)CCCC3. The van der Waals surface area contributed by atoms with Crippen LogP contribution in [0.3, 0.4) is 0 Å². The molecule has 28 heavy (non-hydrogen) atoms. The van der Waals surface area contributed by atoms with Crippen molar-refractivity contribution < 1.29 is 14.3 Å². The average molecular weight is 397 g/mol. The average Bonchev–Trinajstić information content (AvgIpc) is 3.18. The first-order valence-corrected chi connectivity index (χ1v) is 10.6. The molecule has 5 nitrogen and oxygen atoms in total. The van der Waals surface area contributed by atoms with Crippen molar-refractivity contribution in [2.75, 3.05) is 11.9 Å². The fraction of sp³-hybridized carbons (Fsp3) is 0.364. The first kappa shape index (κ1) is 18.7. The summed E-state index contributed by atoms with van der Waals surface area (Å²) in [6.07, 6.45) is 4.37. The molecule has 0 unspecified atom stereocenters. The zero-order chi connectivity index (χ0) is 19.7. The number of fused-ring (bicyclic) bond motifs is 3. The molecule has 0 aliphatic heterocycles. The molecule has 0 bridgehead atoms. The van der Waals surface area contributed by atoms with E-state index in [9.17, 15) is 9.59 Å². The molecule has 1 amide bonds. The number of nitrogens with zero attached hydrogens (tertiary/aromatic N) is 1. The Morgan fingerprint density at radius 3 is 2.64 bits per heavy atom. The van der Waals surface area contributed by atoms with Crippen molar-refractivity contribution in [1.29, 1.82) is 0 Å². The van der Waals surface area contributed by atoms with Gasteiger partial charge < -0.3 is 14.6 Å². The van der Waals surface area contributed by atoms with Gasteiger partial charge in [-0.05, 0) is 43.7 Å². The molecule has 1 aliphatic rings. The fourth-order valence-corrected chi connectivity index (χ4v) is 5.38. The molecule has 6 heteroatoms. The zero-order valence-corrected chi connectivity index (χ0v) is 17.0. The van der Waals surface area contributed by atoms with E-state index in [1.54, 1.807) is 18.3 Å². The molecule has 0 fully saturated rings. The predicted octanol–water partition coefficient (Wildman–Crippen LogP) is 4.77. The number of hydrogen-bond acceptors (Lipinski definition) is 4. The van der Waals surface area contributed by atoms with Crippen LogP contribution < -0.4 is 5.32 Å². The Morgan fingerprint density at radius 2 is 1.93 bits per heavy atom. The maximum atomic E-state index is 12.9. The third-order valence-electron chi connectivity index (χ3n) is 5.11. The number of carbonyl (C=O) groups is 2. The van der Waals surface area contributed by atoms with E-state index in [0.29, 0.717) is 24.5 Å². The molecule has 0 radical (unpaired) electrons. The topological polar surface area (TPSA) is 60.3 Å². The maximum absolute atomic E-state index is 12.9. The molecule has 1 aromatic carbocycles. The minimum absolute atomic E-state index is 0.180. The molecule has 4 rings (SSSR count). The number of rotatable bonds is 5. The molecule has 1 aliphatic carbocycles. The second kappa shape index (κ2) is 7.80. The van der Waals surface area contributed by atoms with Crippen molar-refractivity contribution in [2.24, 2.45) is 0 Å². The van der Waals surface area contributed by atoms with Gasteiger partial charge in [0.2, 0.25) is 5.91 Å². The van der Waals surface area contributed by atoms with Crippen LogP contribution in [-0.4, -0.2) is 23.1 Å². The van der Waals surface area contributed by atoms with Crippen LogP contribution in [0.5, 0.6) is 0 Å². The summed E-state index contributed by atoms with van der Waals surface area (Å²) in [6, 6.07) is 10.1. The molecule has 3 aromatic rings. The van der Waals surface area contributed by atoms with E-state index in [1.165, 1.54) is 23.8 Å². The standard InChI is InChI=1S/C22H24N2O3S/c1-3-27-22(26)20-19(23-14(2)25)18-16-11-7-8-12-17(16)28-21(18)24(20)13-15-9-5-4-6-10-15/h4-6,9-10H,3,7-8,11-13H2,1-2H3,(H,23,25). The van der Waals surface area contributed by atoms with E-state index < -0.39 is 5.97 Å². The van der Waals surface area contributed by atoms with Crippen molar-refractivity contribution in [3.63, 3.8) is 0 Å². The summed E-state index contributed by atoms with van der Waals surface area (Å²) >= 11 is 1.75. The highest BCUT2D eigenvalue weighted by atomic mass is 32.1. The zero-order valence-electron chi connectivity index (χ0n) is 16.2. The number of thiophene rings is 1. The van der Waals surface area contributed by atoms with Gasteiger partial charge >= 0.3 is 5.97 Å². The number of benzene rings is 1. The summed E-state index contributed by atoms with van der Waals surface area (Å²) in [5.41, 5.74) is 3.44. The third-order valence-corrected chi connectivity index (χ3v) is 6.42. The van der Waals surface area contributed by atoms with Gasteiger partial charge in [-0.25, -0.2) is 4.79 Å². The number of anilines is 1. The van der Waals surface area contributed by atoms with Crippen LogP contribution in [0.2, 0.25) is 0 Å². The third kappa shape index (κ3) is 3.33. The van der Waals surface area contributed by atoms with Crippen LogP contribution in [0.15, 0.2) is 30.3 Å². The number of ether oxygens (including phenoxy) is 1. The van der Waals surface area contributed by atoms with Crippen molar-refractivity contribution in [1.82, 2.24) is 4.57 Å². The lowest BCUT2D eigenvalue weighted by Gasteiger charge is -2.14. The van der Waals surface area contributed by atoms with Crippen LogP contribution in [0.25, 0.3) is 10.2 Å². The van der Waals surface area contributed by atoms with Crippen molar-refractivity contribution in [2.45, 2.75) is 46.1 Å². The molecule has 0 saturated heterocycles. The Kier molecular flexibility index (Phi) is 5.22. The smallest absolute Gasteiger partial charge is 0.357 e. The molecule has 2 aromatic heterocycles. The Bertz CT molecular complexity index is 1030. The highest BCUT2D eigenvalue weighted by molar-refractivity contribution is 7.19. The molecular weight excluding hydrogens is 372 g/mol. The fourth-order valence-electron chi connectivity index (χ4n) is 3.98. The van der Waals surface area contributed by atoms with Gasteiger partial charge in [-0.15, -0.1) is 11.3 Å². The molecular formula is C22H24N2O3S. The monoisotopic (exact) mass is 396 g/mol. The van der Waals surface area contributed by atoms with Gasteiger partial charge in [-0.1, -0.05) is 30.3 Å². The van der Waals surface area contributed by atoms with Crippen LogP contribution in [0, 0.1) is 0 Å². The number of nitrogens with one attached hydrogen (secondary N) is 1. The Labute approximate surface area is 168 Å². The van der Waals surface area contributed by atoms with Crippen LogP contribution in [-0.2, 0) is 28.9 Å². The van der Waals surface area contributed by atoms with Gasteiger partial charge in [0.15, 0.2) is 5.69 Å². The van der Waals surface area contributed by atoms with E-state index in [0.717, 1.165) is 35.0 Å². The van der Waals surface area contributed by atoms with Gasteiger partial charge in [-0.2, -0.15) is 0 Å². The normalized spacial score (nSPS) is 13.4. The van der Waals surface area contributed by atoms with Gasteiger partial charge in [0.1, 0.15) is 4.83 Å². The number of esters is 1. The Balaban J connectivity index is 1.97. The maximum Gasteiger partial charge on any atom is 0.357 e. The summed E-state index contributed by atoms with van der Waals surface area (Å²) in [5.74, 6) is -0.574. The largest absolute Gasteiger partial charge is 0.461 e. The minimum Gasteiger partial charge on any atom is -0.461 e. The highest BCUT2D eigenvalue weighted by Gasteiger charge is 2.30. The number of aromatic nitrogens is 1. The van der Waals surface area contributed by atoms with Crippen molar-refractivity contribution in [3.05, 3.63) is 52.0 Å². The Morgan fingerprint density at radius 1 is 1.18 bits per heavy atom. The van der Waals surface area contributed by atoms with Crippen LogP contribution >= 0.6 is 11.3 Å². The summed E-state index contributed by atoms with van der Waals surface area (Å²) in [6.45, 7) is 4.13. The van der Waals surface area contributed by atoms with E-state index in [2.05, 4.69) is 5.32 Å². The first-order valence-electron chi connectivity index (χ1n) is 9.75. The summed E-state index contributed by atoms with van der Waals surface area (Å²) in [4.78, 5) is 27.3.